The van der Waals surface area contributed by atoms with E-state index in [4.69, 9.17) is 23.2 Å². The summed E-state index contributed by atoms with van der Waals surface area (Å²) in [5.74, 6) is 0.757. The van der Waals surface area contributed by atoms with E-state index in [9.17, 15) is 0 Å². The molecule has 0 aliphatic heterocycles. The first kappa shape index (κ1) is 12.6. The molecule has 5 heteroatoms. The van der Waals surface area contributed by atoms with Crippen LogP contribution in [0.1, 0.15) is 0 Å². The van der Waals surface area contributed by atoms with E-state index in [2.05, 4.69) is 15.0 Å². The highest BCUT2D eigenvalue weighted by molar-refractivity contribution is 6.42. The topological polar surface area (TPSA) is 41.6 Å². The van der Waals surface area contributed by atoms with Gasteiger partial charge in [0.1, 0.15) is 5.82 Å². The van der Waals surface area contributed by atoms with Gasteiger partial charge in [-0.2, -0.15) is 0 Å². The minimum absolute atomic E-state index is 0.498. The van der Waals surface area contributed by atoms with Crippen LogP contribution >= 0.6 is 23.2 Å². The Hall–Kier alpha value is -2.10. The molecule has 0 aliphatic rings. The molecule has 2 heterocycles. The van der Waals surface area contributed by atoms with Crippen LogP contribution in [0.5, 0.6) is 0 Å². The van der Waals surface area contributed by atoms with Crippen LogP contribution in [-0.4, -0.2) is 15.0 Å². The maximum atomic E-state index is 6.05. The molecule has 3 nitrogen and oxygen atoms in total. The molecule has 0 aliphatic carbocycles. The van der Waals surface area contributed by atoms with Gasteiger partial charge in [0.25, 0.3) is 0 Å². The molecule has 0 radical (unpaired) electrons. The maximum Gasteiger partial charge on any atom is 0.140 e. The Morgan fingerprint density at radius 2 is 1.76 bits per heavy atom. The van der Waals surface area contributed by atoms with Gasteiger partial charge in [0.2, 0.25) is 0 Å². The highest BCUT2D eigenvalue weighted by atomic mass is 35.5. The van der Waals surface area contributed by atoms with Crippen molar-refractivity contribution in [2.75, 3.05) is 0 Å². The number of nitrogens with one attached hydrogen (secondary N) is 1. The Balaban J connectivity index is 2.00. The second-order valence-corrected chi connectivity index (χ2v) is 5.56. The maximum absolute atomic E-state index is 6.05. The quantitative estimate of drug-likeness (QED) is 0.532. The van der Waals surface area contributed by atoms with Crippen LogP contribution in [0.15, 0.2) is 48.7 Å². The fraction of sp³-hybridized carbons (Fsp3) is 0. The van der Waals surface area contributed by atoms with Crippen molar-refractivity contribution < 1.29 is 0 Å². The molecule has 0 saturated heterocycles. The number of imidazole rings is 1. The molecule has 4 rings (SSSR count). The highest BCUT2D eigenvalue weighted by Gasteiger charge is 2.11. The normalized spacial score (nSPS) is 11.3. The molecule has 102 valence electrons. The average Bonchev–Trinajstić information content (AvgIpc) is 2.90. The summed E-state index contributed by atoms with van der Waals surface area (Å²) in [6.07, 6.45) is 1.78. The van der Waals surface area contributed by atoms with Crippen LogP contribution < -0.4 is 0 Å². The number of aromatic nitrogens is 3. The Kier molecular flexibility index (Phi) is 2.84. The number of pyridine rings is 1. The first-order valence-electron chi connectivity index (χ1n) is 6.41. The number of halogens is 2. The van der Waals surface area contributed by atoms with Crippen molar-refractivity contribution >= 4 is 45.1 Å². The number of hydrogen-bond acceptors (Lipinski definition) is 2. The van der Waals surface area contributed by atoms with Gasteiger partial charge in [0.15, 0.2) is 0 Å². The molecule has 1 N–H and O–H groups in total. The zero-order valence-corrected chi connectivity index (χ0v) is 12.3. The summed E-state index contributed by atoms with van der Waals surface area (Å²) in [7, 11) is 0. The summed E-state index contributed by atoms with van der Waals surface area (Å²) in [6, 6.07) is 13.5. The number of fused-ring (bicyclic) bond motifs is 2. The monoisotopic (exact) mass is 313 g/mol. The largest absolute Gasteiger partial charge is 0.338 e. The molecule has 0 fully saturated rings. The minimum atomic E-state index is 0.498. The molecule has 2 aromatic heterocycles. The van der Waals surface area contributed by atoms with E-state index < -0.39 is 0 Å². The second-order valence-electron chi connectivity index (χ2n) is 4.75. The summed E-state index contributed by atoms with van der Waals surface area (Å²) in [5.41, 5.74) is 3.51. The van der Waals surface area contributed by atoms with E-state index in [1.807, 2.05) is 30.3 Å². The molecule has 0 spiro atoms. The Morgan fingerprint density at radius 3 is 2.67 bits per heavy atom. The lowest BCUT2D eigenvalue weighted by atomic mass is 10.1. The molecular formula is C16H9Cl2N3. The van der Waals surface area contributed by atoms with Crippen molar-refractivity contribution in [3.8, 4) is 11.4 Å². The van der Waals surface area contributed by atoms with Crippen molar-refractivity contribution in [1.82, 2.24) is 15.0 Å². The number of benzene rings is 2. The van der Waals surface area contributed by atoms with Crippen LogP contribution in [0.2, 0.25) is 10.0 Å². The zero-order valence-electron chi connectivity index (χ0n) is 10.8. The van der Waals surface area contributed by atoms with Crippen molar-refractivity contribution in [3.05, 3.63) is 58.7 Å². The van der Waals surface area contributed by atoms with Crippen LogP contribution in [0.25, 0.3) is 33.3 Å². The van der Waals surface area contributed by atoms with Gasteiger partial charge >= 0.3 is 0 Å². The lowest BCUT2D eigenvalue weighted by Crippen LogP contribution is -1.85. The van der Waals surface area contributed by atoms with Crippen molar-refractivity contribution in [2.45, 2.75) is 0 Å². The van der Waals surface area contributed by atoms with Crippen LogP contribution in [0, 0.1) is 0 Å². The van der Waals surface area contributed by atoms with Crippen LogP contribution in [0.4, 0.5) is 0 Å². The van der Waals surface area contributed by atoms with Crippen LogP contribution in [-0.2, 0) is 0 Å². The van der Waals surface area contributed by atoms with Crippen LogP contribution in [0.3, 0.4) is 0 Å². The van der Waals surface area contributed by atoms with E-state index in [-0.39, 0.29) is 0 Å². The first-order chi connectivity index (χ1) is 10.2. The first-order valence-corrected chi connectivity index (χ1v) is 7.17. The average molecular weight is 314 g/mol. The lowest BCUT2D eigenvalue weighted by Gasteiger charge is -2.01. The Labute approximate surface area is 130 Å². The summed E-state index contributed by atoms with van der Waals surface area (Å²) in [5, 5.41) is 2.08. The van der Waals surface area contributed by atoms with Gasteiger partial charge in [-0.15, -0.1) is 0 Å². The van der Waals surface area contributed by atoms with E-state index in [1.165, 1.54) is 0 Å². The number of para-hydroxylation sites is 1. The summed E-state index contributed by atoms with van der Waals surface area (Å²) < 4.78 is 0. The number of hydrogen-bond donors (Lipinski definition) is 1. The van der Waals surface area contributed by atoms with Crippen molar-refractivity contribution in [2.24, 2.45) is 0 Å². The number of aromatic amines is 1. The third kappa shape index (κ3) is 2.06. The van der Waals surface area contributed by atoms with E-state index in [0.717, 1.165) is 33.3 Å². The molecule has 0 amide bonds. The van der Waals surface area contributed by atoms with Gasteiger partial charge in [0.05, 0.1) is 26.6 Å². The predicted molar refractivity (Wildman–Crippen MR) is 86.9 cm³/mol. The zero-order chi connectivity index (χ0) is 14.4. The molecule has 0 bridgehead atoms. The van der Waals surface area contributed by atoms with Gasteiger partial charge in [-0.3, -0.25) is 4.98 Å². The van der Waals surface area contributed by atoms with Gasteiger partial charge < -0.3 is 4.98 Å². The smallest absolute Gasteiger partial charge is 0.140 e. The molecule has 0 atom stereocenters. The summed E-state index contributed by atoms with van der Waals surface area (Å²) >= 11 is 12.1. The Bertz CT molecular complexity index is 932. The van der Waals surface area contributed by atoms with Gasteiger partial charge in [-0.05, 0) is 24.3 Å². The minimum Gasteiger partial charge on any atom is -0.338 e. The predicted octanol–water partition coefficient (Wildman–Crippen LogP) is 5.08. The molecular weight excluding hydrogens is 305 g/mol. The second kappa shape index (κ2) is 4.72. The number of nitrogens with zero attached hydrogens (tertiary/aromatic N) is 2. The molecule has 0 saturated carbocycles. The van der Waals surface area contributed by atoms with Gasteiger partial charge in [0, 0.05) is 17.1 Å². The number of rotatable bonds is 1. The summed E-state index contributed by atoms with van der Waals surface area (Å²) in [4.78, 5) is 12.3. The molecule has 21 heavy (non-hydrogen) atoms. The van der Waals surface area contributed by atoms with E-state index in [1.54, 1.807) is 18.3 Å². The van der Waals surface area contributed by atoms with E-state index in [0.29, 0.717) is 10.0 Å². The fourth-order valence-electron chi connectivity index (χ4n) is 2.43. The fourth-order valence-corrected chi connectivity index (χ4v) is 2.75. The van der Waals surface area contributed by atoms with Crippen molar-refractivity contribution in [3.63, 3.8) is 0 Å². The highest BCUT2D eigenvalue weighted by Crippen LogP contribution is 2.30. The van der Waals surface area contributed by atoms with Crippen molar-refractivity contribution in [1.29, 1.82) is 0 Å². The molecule has 0 unspecified atom stereocenters. The number of H-pyrrole nitrogens is 1. The standard InChI is InChI=1S/C16H9Cl2N3/c17-11-7-13-14(8-12(11)18)21-16(20-13)10-5-1-3-9-4-2-6-19-15(9)10/h1-8H,(H,20,21). The molecule has 2 aromatic carbocycles. The lowest BCUT2D eigenvalue weighted by molar-refractivity contribution is 1.32. The molecule has 4 aromatic rings. The third-order valence-electron chi connectivity index (χ3n) is 3.41. The van der Waals surface area contributed by atoms with Gasteiger partial charge in [-0.25, -0.2) is 4.98 Å². The van der Waals surface area contributed by atoms with E-state index >= 15 is 0 Å². The van der Waals surface area contributed by atoms with Gasteiger partial charge in [-0.1, -0.05) is 41.4 Å². The SMILES string of the molecule is Clc1cc2nc(-c3cccc4cccnc34)[nH]c2cc1Cl. The third-order valence-corrected chi connectivity index (χ3v) is 4.13. The summed E-state index contributed by atoms with van der Waals surface area (Å²) in [6.45, 7) is 0. The Morgan fingerprint density at radius 1 is 0.952 bits per heavy atom.